The first kappa shape index (κ1) is 20.3. The Bertz CT molecular complexity index is 834. The second-order valence-electron chi connectivity index (χ2n) is 13.5. The largest absolute Gasteiger partial charge is 0.461 e. The highest BCUT2D eigenvalue weighted by Crippen LogP contribution is 2.64. The van der Waals surface area contributed by atoms with Crippen LogP contribution >= 0.6 is 0 Å². The number of carbonyl (C=O) groups excluding carboxylic acids is 2. The van der Waals surface area contributed by atoms with Gasteiger partial charge in [0.1, 0.15) is 6.10 Å². The van der Waals surface area contributed by atoms with Gasteiger partial charge in [0.25, 0.3) is 0 Å². The van der Waals surface area contributed by atoms with E-state index in [1.54, 1.807) is 0 Å². The van der Waals surface area contributed by atoms with E-state index in [1.165, 1.54) is 50.5 Å². The van der Waals surface area contributed by atoms with Crippen LogP contribution in [0.3, 0.4) is 0 Å². The molecule has 7 fully saturated rings. The third kappa shape index (κ3) is 2.84. The summed E-state index contributed by atoms with van der Waals surface area (Å²) < 4.78 is 6.57. The van der Waals surface area contributed by atoms with Crippen LogP contribution in [-0.2, 0) is 14.3 Å². The lowest BCUT2D eigenvalue weighted by molar-refractivity contribution is -0.185. The molecule has 8 aliphatic rings. The van der Waals surface area contributed by atoms with Gasteiger partial charge in [-0.15, -0.1) is 0 Å². The minimum atomic E-state index is -0.125. The zero-order valence-corrected chi connectivity index (χ0v) is 19.8. The number of hydrogen-bond acceptors (Lipinski definition) is 3. The van der Waals surface area contributed by atoms with E-state index < -0.39 is 0 Å². The summed E-state index contributed by atoms with van der Waals surface area (Å²) in [6.45, 7) is 2.47. The molecule has 0 saturated heterocycles. The van der Waals surface area contributed by atoms with Crippen molar-refractivity contribution in [3.05, 3.63) is 11.6 Å². The lowest BCUT2D eigenvalue weighted by Gasteiger charge is -2.56. The molecule has 3 nitrogen and oxygen atoms in total. The predicted octanol–water partition coefficient (Wildman–Crippen LogP) is 6.26. The Morgan fingerprint density at radius 1 is 0.906 bits per heavy atom. The molecule has 8 rings (SSSR count). The van der Waals surface area contributed by atoms with Crippen molar-refractivity contribution in [1.29, 1.82) is 0 Å². The lowest BCUT2D eigenvalue weighted by atomic mass is 9.49. The maximum Gasteiger partial charge on any atom is 0.312 e. The highest BCUT2D eigenvalue weighted by atomic mass is 16.5. The molecule has 0 amide bonds. The van der Waals surface area contributed by atoms with E-state index in [2.05, 4.69) is 6.92 Å². The van der Waals surface area contributed by atoms with E-state index in [-0.39, 0.29) is 22.9 Å². The first-order chi connectivity index (χ1) is 15.4. The first-order valence-corrected chi connectivity index (χ1v) is 13.9. The van der Waals surface area contributed by atoms with Crippen molar-refractivity contribution < 1.29 is 14.3 Å². The monoisotopic (exact) mass is 436 g/mol. The Morgan fingerprint density at radius 2 is 1.62 bits per heavy atom. The van der Waals surface area contributed by atoms with Crippen LogP contribution < -0.4 is 0 Å². The third-order valence-corrected chi connectivity index (χ3v) is 11.9. The lowest BCUT2D eigenvalue weighted by Crippen LogP contribution is -2.53. The summed E-state index contributed by atoms with van der Waals surface area (Å²) in [6.07, 6.45) is 18.6. The molecule has 4 bridgehead atoms. The smallest absolute Gasteiger partial charge is 0.312 e. The van der Waals surface area contributed by atoms with E-state index in [0.29, 0.717) is 17.6 Å². The summed E-state index contributed by atoms with van der Waals surface area (Å²) >= 11 is 0. The van der Waals surface area contributed by atoms with Crippen LogP contribution in [0.5, 0.6) is 0 Å². The predicted molar refractivity (Wildman–Crippen MR) is 123 cm³/mol. The zero-order chi connectivity index (χ0) is 21.7. The SMILES string of the molecule is CC12CC[C@@H]3C4CCC(=O)C=C4CCC3[C@@H]1CC[C@@H]2OC(=O)C12CC3CC(CC(C3)C1)C2. The van der Waals surface area contributed by atoms with Crippen LogP contribution in [-0.4, -0.2) is 17.9 Å². The first-order valence-electron chi connectivity index (χ1n) is 13.9. The number of esters is 1. The van der Waals surface area contributed by atoms with Crippen LogP contribution in [0.4, 0.5) is 0 Å². The van der Waals surface area contributed by atoms with Gasteiger partial charge in [-0.05, 0) is 131 Å². The second-order valence-corrected chi connectivity index (χ2v) is 13.5. The number of carbonyl (C=O) groups is 2. The Morgan fingerprint density at radius 3 is 2.34 bits per heavy atom. The molecule has 6 atom stereocenters. The van der Waals surface area contributed by atoms with Gasteiger partial charge >= 0.3 is 5.97 Å². The molecular weight excluding hydrogens is 396 g/mol. The van der Waals surface area contributed by atoms with Crippen LogP contribution in [0.1, 0.15) is 96.8 Å². The molecule has 174 valence electrons. The Labute approximate surface area is 193 Å². The molecule has 0 spiro atoms. The molecule has 0 aromatic carbocycles. The second kappa shape index (κ2) is 6.95. The quantitative estimate of drug-likeness (QED) is 0.480. The van der Waals surface area contributed by atoms with Crippen molar-refractivity contribution in [2.45, 2.75) is 103 Å². The van der Waals surface area contributed by atoms with Gasteiger partial charge < -0.3 is 4.74 Å². The zero-order valence-electron chi connectivity index (χ0n) is 19.8. The van der Waals surface area contributed by atoms with E-state index in [0.717, 1.165) is 74.5 Å². The van der Waals surface area contributed by atoms with Crippen molar-refractivity contribution >= 4 is 11.8 Å². The summed E-state index contributed by atoms with van der Waals surface area (Å²) in [6, 6.07) is 0. The fourth-order valence-corrected chi connectivity index (χ4v) is 10.9. The molecule has 7 saturated carbocycles. The van der Waals surface area contributed by atoms with Crippen molar-refractivity contribution in [1.82, 2.24) is 0 Å². The molecule has 0 N–H and O–H groups in total. The normalized spacial score (nSPS) is 53.3. The number of fused-ring (bicyclic) bond motifs is 5. The summed E-state index contributed by atoms with van der Waals surface area (Å²) in [5.74, 6) is 5.83. The van der Waals surface area contributed by atoms with E-state index in [1.807, 2.05) is 6.08 Å². The summed E-state index contributed by atoms with van der Waals surface area (Å²) in [4.78, 5) is 25.7. The molecular formula is C29H40O3. The molecule has 0 heterocycles. The molecule has 8 aliphatic carbocycles. The Kier molecular flexibility index (Phi) is 4.40. The third-order valence-electron chi connectivity index (χ3n) is 11.9. The number of allylic oxidation sites excluding steroid dienone is 1. The minimum Gasteiger partial charge on any atom is -0.461 e. The van der Waals surface area contributed by atoms with Gasteiger partial charge in [-0.3, -0.25) is 9.59 Å². The van der Waals surface area contributed by atoms with Crippen molar-refractivity contribution in [3.8, 4) is 0 Å². The minimum absolute atomic E-state index is 0.125. The molecule has 0 aliphatic heterocycles. The molecule has 0 radical (unpaired) electrons. The summed E-state index contributed by atoms with van der Waals surface area (Å²) in [5, 5.41) is 0. The number of hydrogen-bond donors (Lipinski definition) is 0. The maximum absolute atomic E-state index is 13.7. The standard InChI is InChI=1S/C29H40O3/c1-28-9-8-23-22-5-3-21(30)13-20(22)2-4-24(23)25(28)6-7-26(28)32-27(31)29-14-17-10-18(15-29)12-19(11-17)16-29/h13,17-19,22-26H,2-12,14-16H2,1H3/t17?,18?,19?,22?,23-,24?,25+,26+,28?,29?/m1/s1. The average Bonchev–Trinajstić information content (AvgIpc) is 3.08. The fraction of sp³-hybridized carbons (Fsp3) is 0.862. The molecule has 32 heavy (non-hydrogen) atoms. The Hall–Kier alpha value is -1.12. The number of ether oxygens (including phenoxy) is 1. The molecule has 0 aromatic rings. The van der Waals surface area contributed by atoms with Crippen LogP contribution in [0.15, 0.2) is 11.6 Å². The number of rotatable bonds is 2. The molecule has 3 heteroatoms. The highest BCUT2D eigenvalue weighted by molar-refractivity contribution is 5.91. The summed E-state index contributed by atoms with van der Waals surface area (Å²) in [7, 11) is 0. The fourth-order valence-electron chi connectivity index (χ4n) is 10.9. The average molecular weight is 437 g/mol. The van der Waals surface area contributed by atoms with Crippen molar-refractivity contribution in [3.63, 3.8) is 0 Å². The van der Waals surface area contributed by atoms with Gasteiger partial charge in [-0.1, -0.05) is 12.5 Å². The maximum atomic E-state index is 13.7. The van der Waals surface area contributed by atoms with E-state index in [4.69, 9.17) is 4.74 Å². The van der Waals surface area contributed by atoms with Gasteiger partial charge in [0, 0.05) is 11.8 Å². The molecule has 3 unspecified atom stereocenters. The van der Waals surface area contributed by atoms with Crippen LogP contribution in [0, 0.1) is 52.3 Å². The Balaban J connectivity index is 1.09. The van der Waals surface area contributed by atoms with Gasteiger partial charge in [-0.25, -0.2) is 0 Å². The van der Waals surface area contributed by atoms with E-state index >= 15 is 0 Å². The topological polar surface area (TPSA) is 43.4 Å². The van der Waals surface area contributed by atoms with E-state index in [9.17, 15) is 9.59 Å². The molecule has 0 aromatic heterocycles. The van der Waals surface area contributed by atoms with Gasteiger partial charge in [0.2, 0.25) is 0 Å². The highest BCUT2D eigenvalue weighted by Gasteiger charge is 2.60. The van der Waals surface area contributed by atoms with Gasteiger partial charge in [0.05, 0.1) is 5.41 Å². The number of ketones is 1. The van der Waals surface area contributed by atoms with Crippen LogP contribution in [0.2, 0.25) is 0 Å². The summed E-state index contributed by atoms with van der Waals surface area (Å²) in [5.41, 5.74) is 1.51. The van der Waals surface area contributed by atoms with Crippen LogP contribution in [0.25, 0.3) is 0 Å². The van der Waals surface area contributed by atoms with Crippen molar-refractivity contribution in [2.24, 2.45) is 52.3 Å². The van der Waals surface area contributed by atoms with Gasteiger partial charge in [0.15, 0.2) is 5.78 Å². The van der Waals surface area contributed by atoms with Gasteiger partial charge in [-0.2, -0.15) is 0 Å². The van der Waals surface area contributed by atoms with Crippen molar-refractivity contribution in [2.75, 3.05) is 0 Å².